The molecule has 1 aliphatic heterocycles. The predicted octanol–water partition coefficient (Wildman–Crippen LogP) is 1.83. The van der Waals surface area contributed by atoms with Crippen LogP contribution >= 0.6 is 0 Å². The molecule has 2 fully saturated rings. The molecule has 2 aliphatic rings. The standard InChI is InChI=1S/C17H22N4O3/c1-11-6-8-17(9-7-11)15(23)21(16(24)20-17)10-14(22)19-13-5-3-4-12(2)18-13/h3-5,11H,6-10H2,1-2H3,(H,20,24)(H,18,19,22). The van der Waals surface area contributed by atoms with Crippen LogP contribution in [-0.2, 0) is 9.59 Å². The molecule has 1 aromatic rings. The van der Waals surface area contributed by atoms with Crippen LogP contribution in [0.5, 0.6) is 0 Å². The smallest absolute Gasteiger partial charge is 0.323 e. The molecular weight excluding hydrogens is 308 g/mol. The molecule has 2 heterocycles. The Morgan fingerprint density at radius 2 is 2.08 bits per heavy atom. The van der Waals surface area contributed by atoms with Crippen molar-refractivity contribution < 1.29 is 14.4 Å². The largest absolute Gasteiger partial charge is 0.325 e. The Morgan fingerprint density at radius 1 is 1.38 bits per heavy atom. The van der Waals surface area contributed by atoms with Crippen molar-refractivity contribution >= 4 is 23.7 Å². The molecule has 7 nitrogen and oxygen atoms in total. The number of urea groups is 1. The van der Waals surface area contributed by atoms with Crippen LogP contribution in [0.4, 0.5) is 10.6 Å². The Hall–Kier alpha value is -2.44. The van der Waals surface area contributed by atoms with Crippen LogP contribution < -0.4 is 10.6 Å². The highest BCUT2D eigenvalue weighted by Gasteiger charge is 2.52. The van der Waals surface area contributed by atoms with Crippen molar-refractivity contribution in [1.29, 1.82) is 0 Å². The number of rotatable bonds is 3. The van der Waals surface area contributed by atoms with E-state index in [-0.39, 0.29) is 12.5 Å². The van der Waals surface area contributed by atoms with Gasteiger partial charge in [0.25, 0.3) is 5.91 Å². The average Bonchev–Trinajstić information content (AvgIpc) is 2.75. The molecule has 24 heavy (non-hydrogen) atoms. The van der Waals surface area contributed by atoms with Crippen LogP contribution in [0.3, 0.4) is 0 Å². The summed E-state index contributed by atoms with van der Waals surface area (Å²) in [5.74, 6) is 0.253. The van der Waals surface area contributed by atoms with Gasteiger partial charge in [-0.05, 0) is 50.7 Å². The average molecular weight is 330 g/mol. The molecule has 7 heteroatoms. The van der Waals surface area contributed by atoms with E-state index in [9.17, 15) is 14.4 Å². The summed E-state index contributed by atoms with van der Waals surface area (Å²) in [4.78, 5) is 42.2. The molecule has 3 rings (SSSR count). The van der Waals surface area contributed by atoms with Crippen LogP contribution in [0.25, 0.3) is 0 Å². The van der Waals surface area contributed by atoms with Gasteiger partial charge in [-0.15, -0.1) is 0 Å². The maximum atomic E-state index is 12.7. The molecule has 128 valence electrons. The van der Waals surface area contributed by atoms with Crippen molar-refractivity contribution in [2.45, 2.75) is 45.1 Å². The number of nitrogens with zero attached hydrogens (tertiary/aromatic N) is 2. The fourth-order valence-electron chi connectivity index (χ4n) is 3.35. The normalized spacial score (nSPS) is 26.6. The highest BCUT2D eigenvalue weighted by atomic mass is 16.2. The molecule has 0 radical (unpaired) electrons. The summed E-state index contributed by atoms with van der Waals surface area (Å²) in [6.07, 6.45) is 3.07. The number of carbonyl (C=O) groups excluding carboxylic acids is 3. The summed E-state index contributed by atoms with van der Waals surface area (Å²) in [6.45, 7) is 3.67. The minimum atomic E-state index is -0.814. The number of anilines is 1. The second-order valence-electron chi connectivity index (χ2n) is 6.80. The lowest BCUT2D eigenvalue weighted by atomic mass is 9.77. The molecule has 0 aromatic carbocycles. The number of aryl methyl sites for hydroxylation is 1. The van der Waals surface area contributed by atoms with Gasteiger partial charge < -0.3 is 10.6 Å². The quantitative estimate of drug-likeness (QED) is 0.827. The van der Waals surface area contributed by atoms with Gasteiger partial charge in [0.15, 0.2) is 0 Å². The van der Waals surface area contributed by atoms with Gasteiger partial charge >= 0.3 is 6.03 Å². The molecule has 0 atom stereocenters. The summed E-state index contributed by atoms with van der Waals surface area (Å²) in [5.41, 5.74) is -0.0380. The van der Waals surface area contributed by atoms with Crippen molar-refractivity contribution in [3.05, 3.63) is 23.9 Å². The molecule has 0 bridgehead atoms. The number of pyridine rings is 1. The maximum Gasteiger partial charge on any atom is 0.325 e. The van der Waals surface area contributed by atoms with Crippen molar-refractivity contribution in [3.8, 4) is 0 Å². The summed E-state index contributed by atoms with van der Waals surface area (Å²) < 4.78 is 0. The van der Waals surface area contributed by atoms with E-state index in [2.05, 4.69) is 22.5 Å². The summed E-state index contributed by atoms with van der Waals surface area (Å²) in [7, 11) is 0. The van der Waals surface area contributed by atoms with Crippen LogP contribution in [0, 0.1) is 12.8 Å². The van der Waals surface area contributed by atoms with E-state index in [1.807, 2.05) is 13.0 Å². The van der Waals surface area contributed by atoms with E-state index >= 15 is 0 Å². The highest BCUT2D eigenvalue weighted by molar-refractivity contribution is 6.10. The number of nitrogens with one attached hydrogen (secondary N) is 2. The first-order chi connectivity index (χ1) is 11.4. The van der Waals surface area contributed by atoms with Gasteiger partial charge in [-0.3, -0.25) is 14.5 Å². The van der Waals surface area contributed by atoms with E-state index in [1.54, 1.807) is 12.1 Å². The lowest BCUT2D eigenvalue weighted by molar-refractivity contribution is -0.135. The van der Waals surface area contributed by atoms with Crippen LogP contribution in [0.15, 0.2) is 18.2 Å². The predicted molar refractivity (Wildman–Crippen MR) is 88.2 cm³/mol. The van der Waals surface area contributed by atoms with Crippen molar-refractivity contribution in [3.63, 3.8) is 0 Å². The Morgan fingerprint density at radius 3 is 2.75 bits per heavy atom. The third-order valence-electron chi connectivity index (χ3n) is 4.83. The number of imide groups is 1. The van der Waals surface area contributed by atoms with Gasteiger partial charge in [0.1, 0.15) is 17.9 Å². The van der Waals surface area contributed by atoms with Crippen molar-refractivity contribution in [2.24, 2.45) is 5.92 Å². The van der Waals surface area contributed by atoms with E-state index < -0.39 is 17.5 Å². The number of aromatic nitrogens is 1. The van der Waals surface area contributed by atoms with Crippen LogP contribution in [0.1, 0.15) is 38.3 Å². The summed E-state index contributed by atoms with van der Waals surface area (Å²) >= 11 is 0. The Balaban J connectivity index is 1.65. The second-order valence-corrected chi connectivity index (χ2v) is 6.80. The molecule has 2 N–H and O–H groups in total. The molecule has 1 spiro atoms. The number of carbonyl (C=O) groups is 3. The zero-order valence-electron chi connectivity index (χ0n) is 14.0. The molecule has 1 saturated carbocycles. The van der Waals surface area contributed by atoms with E-state index in [4.69, 9.17) is 0 Å². The fraction of sp³-hybridized carbons (Fsp3) is 0.529. The van der Waals surface area contributed by atoms with Crippen LogP contribution in [0.2, 0.25) is 0 Å². The van der Waals surface area contributed by atoms with Crippen molar-refractivity contribution in [2.75, 3.05) is 11.9 Å². The lowest BCUT2D eigenvalue weighted by Crippen LogP contribution is -2.49. The van der Waals surface area contributed by atoms with Gasteiger partial charge in [-0.1, -0.05) is 13.0 Å². The third-order valence-corrected chi connectivity index (χ3v) is 4.83. The summed E-state index contributed by atoms with van der Waals surface area (Å²) in [6, 6.07) is 4.79. The number of amides is 4. The number of hydrogen-bond donors (Lipinski definition) is 2. The van der Waals surface area contributed by atoms with E-state index in [1.165, 1.54) is 0 Å². The fourth-order valence-corrected chi connectivity index (χ4v) is 3.35. The minimum Gasteiger partial charge on any atom is -0.323 e. The Kier molecular flexibility index (Phi) is 4.26. The Bertz CT molecular complexity index is 680. The van der Waals surface area contributed by atoms with Gasteiger partial charge in [-0.2, -0.15) is 0 Å². The maximum absolute atomic E-state index is 12.7. The number of hydrogen-bond acceptors (Lipinski definition) is 4. The SMILES string of the molecule is Cc1cccc(NC(=O)CN2C(=O)NC3(CCC(C)CC3)C2=O)n1. The van der Waals surface area contributed by atoms with Gasteiger partial charge in [0.05, 0.1) is 0 Å². The van der Waals surface area contributed by atoms with E-state index in [0.29, 0.717) is 24.6 Å². The Labute approximate surface area is 140 Å². The minimum absolute atomic E-state index is 0.285. The first-order valence-electron chi connectivity index (χ1n) is 8.27. The molecule has 4 amide bonds. The first kappa shape index (κ1) is 16.4. The van der Waals surface area contributed by atoms with Crippen molar-refractivity contribution in [1.82, 2.24) is 15.2 Å². The van der Waals surface area contributed by atoms with E-state index in [0.717, 1.165) is 23.4 Å². The molecule has 0 unspecified atom stereocenters. The van der Waals surface area contributed by atoms with Gasteiger partial charge in [0, 0.05) is 5.69 Å². The van der Waals surface area contributed by atoms with Crippen LogP contribution in [-0.4, -0.2) is 39.8 Å². The lowest BCUT2D eigenvalue weighted by Gasteiger charge is -2.33. The monoisotopic (exact) mass is 330 g/mol. The zero-order valence-corrected chi connectivity index (χ0v) is 14.0. The molecular formula is C17H22N4O3. The zero-order chi connectivity index (χ0) is 17.3. The molecule has 1 aliphatic carbocycles. The summed E-state index contributed by atoms with van der Waals surface area (Å²) in [5, 5.41) is 5.44. The third kappa shape index (κ3) is 3.11. The van der Waals surface area contributed by atoms with Gasteiger partial charge in [0.2, 0.25) is 5.91 Å². The second kappa shape index (κ2) is 6.22. The topological polar surface area (TPSA) is 91.4 Å². The first-order valence-corrected chi connectivity index (χ1v) is 8.27. The molecule has 1 aromatic heterocycles. The highest BCUT2D eigenvalue weighted by Crippen LogP contribution is 2.36. The molecule has 1 saturated heterocycles. The van der Waals surface area contributed by atoms with Gasteiger partial charge in [-0.25, -0.2) is 9.78 Å².